The highest BCUT2D eigenvalue weighted by Gasteiger charge is 2.34. The molecule has 0 radical (unpaired) electrons. The van der Waals surface area contributed by atoms with Gasteiger partial charge >= 0.3 is 6.09 Å². The van der Waals surface area contributed by atoms with Crippen LogP contribution in [0.5, 0.6) is 0 Å². The molecular weight excluding hydrogens is 412 g/mol. The number of fused-ring (bicyclic) bond motifs is 1. The lowest BCUT2D eigenvalue weighted by Crippen LogP contribution is -2.39. The normalized spacial score (nSPS) is 16.9. The number of ketones is 1. The van der Waals surface area contributed by atoms with E-state index in [4.69, 9.17) is 14.2 Å². The fourth-order valence-electron chi connectivity index (χ4n) is 3.78. The van der Waals surface area contributed by atoms with E-state index in [2.05, 4.69) is 26.8 Å². The molecule has 32 heavy (non-hydrogen) atoms. The molecule has 0 fully saturated rings. The molecule has 2 N–H and O–H groups in total. The number of nitrogens with one attached hydrogen (secondary N) is 2. The Labute approximate surface area is 185 Å². The maximum atomic E-state index is 13.1. The number of allylic oxidation sites excluding steroid dienone is 4. The van der Waals surface area contributed by atoms with Crippen LogP contribution in [0.2, 0.25) is 0 Å². The van der Waals surface area contributed by atoms with Crippen LogP contribution in [0, 0.1) is 0 Å². The highest BCUT2D eigenvalue weighted by atomic mass is 16.5. The maximum absolute atomic E-state index is 13.1. The van der Waals surface area contributed by atoms with Crippen LogP contribution in [-0.2, 0) is 20.8 Å². The van der Waals surface area contributed by atoms with E-state index < -0.39 is 6.09 Å². The van der Waals surface area contributed by atoms with Crippen LogP contribution in [0.1, 0.15) is 28.2 Å². The molecule has 1 aliphatic carbocycles. The Hall–Kier alpha value is -3.77. The number of amides is 1. The molecule has 1 aromatic heterocycles. The Bertz CT molecular complexity index is 1130. The minimum Gasteiger partial charge on any atom is -0.489 e. The summed E-state index contributed by atoms with van der Waals surface area (Å²) < 4.78 is 15.8. The quantitative estimate of drug-likeness (QED) is 0.503. The lowest BCUT2D eigenvalue weighted by molar-refractivity contribution is 0.0840. The van der Waals surface area contributed by atoms with Crippen molar-refractivity contribution in [1.82, 2.24) is 9.88 Å². The van der Waals surface area contributed by atoms with Crippen LogP contribution in [-0.4, -0.2) is 68.5 Å². The van der Waals surface area contributed by atoms with E-state index >= 15 is 0 Å². The Morgan fingerprint density at radius 1 is 1.31 bits per heavy atom. The van der Waals surface area contributed by atoms with E-state index in [1.165, 1.54) is 12.0 Å². The number of hydrogen-bond acceptors (Lipinski definition) is 7. The predicted molar refractivity (Wildman–Crippen MR) is 119 cm³/mol. The average Bonchev–Trinajstić information content (AvgIpc) is 3.18. The van der Waals surface area contributed by atoms with Crippen molar-refractivity contribution in [3.8, 4) is 0 Å². The second-order valence-electron chi connectivity index (χ2n) is 7.28. The van der Waals surface area contributed by atoms with E-state index in [9.17, 15) is 9.59 Å². The summed E-state index contributed by atoms with van der Waals surface area (Å²) >= 11 is 0. The molecule has 2 aliphatic heterocycles. The Morgan fingerprint density at radius 2 is 2.19 bits per heavy atom. The van der Waals surface area contributed by atoms with Crippen molar-refractivity contribution in [2.45, 2.75) is 13.0 Å². The minimum absolute atomic E-state index is 0.0615. The summed E-state index contributed by atoms with van der Waals surface area (Å²) in [5.74, 6) is 0.435. The molecule has 0 atom stereocenters. The highest BCUT2D eigenvalue weighted by Crippen LogP contribution is 2.38. The van der Waals surface area contributed by atoms with Crippen molar-refractivity contribution in [3.63, 3.8) is 0 Å². The Kier molecular flexibility index (Phi) is 6.42. The second-order valence-corrected chi connectivity index (χ2v) is 7.28. The largest absolute Gasteiger partial charge is 0.489 e. The molecular formula is C23H24N4O5. The summed E-state index contributed by atoms with van der Waals surface area (Å²) in [5.41, 5.74) is 10.00. The van der Waals surface area contributed by atoms with Crippen molar-refractivity contribution >= 4 is 29.4 Å². The number of carbonyl (C=O) groups is 2. The predicted octanol–water partition coefficient (Wildman–Crippen LogP) is 2.80. The number of nitrogens with zero attached hydrogens (tertiary/aromatic N) is 2. The van der Waals surface area contributed by atoms with Gasteiger partial charge in [-0.2, -0.15) is 0 Å². The fraction of sp³-hybridized carbons (Fsp3) is 0.348. The van der Waals surface area contributed by atoms with Gasteiger partial charge < -0.3 is 24.5 Å². The Morgan fingerprint density at radius 3 is 2.94 bits per heavy atom. The first-order valence-electron chi connectivity index (χ1n) is 10.2. The number of H-pyrrole nitrogens is 1. The number of Topliss-reactive ketones (excluding diaryl/α,β-unsaturated/α-hetero) is 1. The first kappa shape index (κ1) is 21.5. The zero-order chi connectivity index (χ0) is 22.5. The first-order chi connectivity index (χ1) is 15.6. The van der Waals surface area contributed by atoms with Gasteiger partial charge in [0.15, 0.2) is 5.78 Å². The van der Waals surface area contributed by atoms with Gasteiger partial charge in [-0.15, -0.1) is 0 Å². The number of carbonyl (C=O) groups excluding carboxylic acids is 2. The van der Waals surface area contributed by atoms with Gasteiger partial charge in [0, 0.05) is 24.9 Å². The van der Waals surface area contributed by atoms with E-state index in [1.54, 1.807) is 19.4 Å². The van der Waals surface area contributed by atoms with Crippen molar-refractivity contribution < 1.29 is 23.8 Å². The molecule has 0 saturated heterocycles. The van der Waals surface area contributed by atoms with Crippen LogP contribution in [0.3, 0.4) is 0 Å². The number of aromatic nitrogens is 1. The van der Waals surface area contributed by atoms with Gasteiger partial charge in [0.1, 0.15) is 12.4 Å². The minimum atomic E-state index is -0.548. The van der Waals surface area contributed by atoms with Crippen LogP contribution < -0.4 is 5.32 Å². The van der Waals surface area contributed by atoms with Crippen molar-refractivity contribution in [2.24, 2.45) is 4.99 Å². The first-order valence-corrected chi connectivity index (χ1v) is 10.2. The molecule has 9 heteroatoms. The van der Waals surface area contributed by atoms with E-state index in [-0.39, 0.29) is 18.9 Å². The van der Waals surface area contributed by atoms with Gasteiger partial charge in [-0.3, -0.25) is 14.7 Å². The Balaban J connectivity index is 1.81. The molecule has 3 aliphatic rings. The maximum Gasteiger partial charge on any atom is 0.410 e. The summed E-state index contributed by atoms with van der Waals surface area (Å²) in [6.07, 6.45) is 7.22. The number of dihydropyridines is 1. The second kappa shape index (κ2) is 9.58. The average molecular weight is 436 g/mol. The highest BCUT2D eigenvalue weighted by molar-refractivity contribution is 6.08. The molecule has 1 amide bonds. The number of ether oxygens (including phenoxy) is 3. The van der Waals surface area contributed by atoms with Gasteiger partial charge in [0.05, 0.1) is 55.7 Å². The molecule has 0 bridgehead atoms. The monoisotopic (exact) mass is 436 g/mol. The third kappa shape index (κ3) is 4.31. The van der Waals surface area contributed by atoms with Crippen molar-refractivity contribution in [3.05, 3.63) is 58.1 Å². The van der Waals surface area contributed by atoms with Crippen molar-refractivity contribution in [1.29, 1.82) is 0 Å². The summed E-state index contributed by atoms with van der Waals surface area (Å²) in [7, 11) is 2.91. The fourth-order valence-corrected chi connectivity index (χ4v) is 3.78. The summed E-state index contributed by atoms with van der Waals surface area (Å²) in [5, 5.41) is 3.32. The number of methoxy groups -OCH3 is 2. The van der Waals surface area contributed by atoms with Gasteiger partial charge in [0.2, 0.25) is 0 Å². The molecule has 0 unspecified atom stereocenters. The molecule has 0 aromatic carbocycles. The molecule has 9 nitrogen and oxygen atoms in total. The zero-order valence-corrected chi connectivity index (χ0v) is 18.0. The van der Waals surface area contributed by atoms with Crippen LogP contribution in [0.25, 0.3) is 5.57 Å². The lowest BCUT2D eigenvalue weighted by atomic mass is 10.00. The molecule has 4 rings (SSSR count). The molecule has 166 valence electrons. The van der Waals surface area contributed by atoms with Gasteiger partial charge in [-0.1, -0.05) is 11.8 Å². The summed E-state index contributed by atoms with van der Waals surface area (Å²) in [6.45, 7) is 1.59. The lowest BCUT2D eigenvalue weighted by Gasteiger charge is -2.25. The van der Waals surface area contributed by atoms with E-state index in [0.717, 1.165) is 11.3 Å². The van der Waals surface area contributed by atoms with Gasteiger partial charge in [-0.05, 0) is 24.3 Å². The number of rotatable bonds is 7. The number of aromatic amines is 1. The van der Waals surface area contributed by atoms with Crippen molar-refractivity contribution in [2.75, 3.05) is 45.8 Å². The summed E-state index contributed by atoms with van der Waals surface area (Å²) in [4.78, 5) is 34.2. The number of anilines is 1. The molecule has 0 saturated carbocycles. The summed E-state index contributed by atoms with van der Waals surface area (Å²) in [6, 6.07) is 0. The molecule has 1 aromatic rings. The SMILES string of the molecule is COCCOC1=C(c2[nH]c3c(c2NC2=C=C=CC=C2)C(=O)CN(C(=O)OC)C3)CCN=C1. The third-order valence-electron chi connectivity index (χ3n) is 5.23. The third-order valence-corrected chi connectivity index (χ3v) is 5.23. The van der Waals surface area contributed by atoms with Gasteiger partial charge in [0.25, 0.3) is 0 Å². The van der Waals surface area contributed by atoms with Gasteiger partial charge in [-0.25, -0.2) is 4.79 Å². The number of hydrogen-bond donors (Lipinski definition) is 2. The zero-order valence-electron chi connectivity index (χ0n) is 18.0. The topological polar surface area (TPSA) is 105 Å². The van der Waals surface area contributed by atoms with E-state index in [1.807, 2.05) is 12.2 Å². The number of aliphatic imine (C=N–C) groups is 1. The van der Waals surface area contributed by atoms with Crippen LogP contribution in [0.15, 0.2) is 46.1 Å². The standard InChI is InChI=1S/C23H24N4O5/c1-30-10-11-32-19-12-24-9-8-16(19)21-22(25-15-6-4-3-5-7-15)20-17(26-21)13-27(14-18(20)28)23(29)31-2/h3-4,6,12,25-26H,8-11,13-14H2,1-2H3. The van der Waals surface area contributed by atoms with E-state index in [0.29, 0.717) is 54.6 Å². The molecule has 0 spiro atoms. The molecule has 3 heterocycles. The smallest absolute Gasteiger partial charge is 0.410 e. The van der Waals surface area contributed by atoms with Crippen LogP contribution >= 0.6 is 0 Å². The van der Waals surface area contributed by atoms with Crippen LogP contribution in [0.4, 0.5) is 10.5 Å².